The molecular formula is C14H21NO2S. The van der Waals surface area contributed by atoms with E-state index in [4.69, 9.17) is 0 Å². The molecule has 18 heavy (non-hydrogen) atoms. The van der Waals surface area contributed by atoms with Crippen LogP contribution in [0.2, 0.25) is 0 Å². The van der Waals surface area contributed by atoms with E-state index in [0.717, 1.165) is 12.1 Å². The third-order valence-corrected chi connectivity index (χ3v) is 4.90. The minimum absolute atomic E-state index is 0.279. The van der Waals surface area contributed by atoms with E-state index in [2.05, 4.69) is 43.0 Å². The van der Waals surface area contributed by atoms with Gasteiger partial charge in [-0.05, 0) is 30.0 Å². The Bertz CT molecular complexity index is 477. The van der Waals surface area contributed by atoms with Gasteiger partial charge in [0.2, 0.25) is 0 Å². The van der Waals surface area contributed by atoms with Crippen molar-refractivity contribution < 1.29 is 8.42 Å². The van der Waals surface area contributed by atoms with Gasteiger partial charge in [0.25, 0.3) is 0 Å². The van der Waals surface area contributed by atoms with Crippen LogP contribution in [0.4, 0.5) is 5.69 Å². The fourth-order valence-electron chi connectivity index (χ4n) is 2.28. The molecule has 0 N–H and O–H groups in total. The zero-order valence-corrected chi connectivity index (χ0v) is 11.9. The Kier molecular flexibility index (Phi) is 3.95. The number of nitrogens with zero attached hydrogens (tertiary/aromatic N) is 1. The molecule has 1 aliphatic rings. The van der Waals surface area contributed by atoms with Gasteiger partial charge in [-0.25, -0.2) is 8.42 Å². The number of sulfone groups is 1. The second-order valence-corrected chi connectivity index (χ2v) is 7.71. The van der Waals surface area contributed by atoms with Gasteiger partial charge in [-0.1, -0.05) is 26.0 Å². The predicted octanol–water partition coefficient (Wildman–Crippen LogP) is 2.12. The minimum atomic E-state index is -2.79. The van der Waals surface area contributed by atoms with Crippen LogP contribution in [0, 0.1) is 5.92 Å². The van der Waals surface area contributed by atoms with Crippen LogP contribution in [0.25, 0.3) is 0 Å². The summed E-state index contributed by atoms with van der Waals surface area (Å²) in [5, 5.41) is 0. The van der Waals surface area contributed by atoms with Crippen molar-refractivity contribution in [3.8, 4) is 0 Å². The van der Waals surface area contributed by atoms with Crippen LogP contribution >= 0.6 is 0 Å². The quantitative estimate of drug-likeness (QED) is 0.842. The molecule has 0 aliphatic carbocycles. The fourth-order valence-corrected chi connectivity index (χ4v) is 3.49. The van der Waals surface area contributed by atoms with Crippen molar-refractivity contribution >= 4 is 15.5 Å². The Balaban J connectivity index is 2.02. The topological polar surface area (TPSA) is 37.4 Å². The van der Waals surface area contributed by atoms with Crippen LogP contribution in [0.15, 0.2) is 24.3 Å². The first-order valence-corrected chi connectivity index (χ1v) is 8.33. The smallest absolute Gasteiger partial charge is 0.153 e. The lowest BCUT2D eigenvalue weighted by Crippen LogP contribution is -2.40. The lowest BCUT2D eigenvalue weighted by molar-refractivity contribution is 0.587. The van der Waals surface area contributed by atoms with Crippen LogP contribution < -0.4 is 4.90 Å². The van der Waals surface area contributed by atoms with Crippen molar-refractivity contribution in [3.63, 3.8) is 0 Å². The van der Waals surface area contributed by atoms with Crippen LogP contribution in [0.3, 0.4) is 0 Å². The van der Waals surface area contributed by atoms with Crippen molar-refractivity contribution in [3.05, 3.63) is 29.8 Å². The summed E-state index contributed by atoms with van der Waals surface area (Å²) in [5.41, 5.74) is 2.48. The van der Waals surface area contributed by atoms with Gasteiger partial charge >= 0.3 is 0 Å². The van der Waals surface area contributed by atoms with E-state index < -0.39 is 9.84 Å². The van der Waals surface area contributed by atoms with Gasteiger partial charge in [0.15, 0.2) is 9.84 Å². The molecule has 0 radical (unpaired) electrons. The summed E-state index contributed by atoms with van der Waals surface area (Å²) in [6.45, 7) is 5.66. The summed E-state index contributed by atoms with van der Waals surface area (Å²) in [5.74, 6) is 1.22. The van der Waals surface area contributed by atoms with Gasteiger partial charge in [-0.3, -0.25) is 0 Å². The van der Waals surface area contributed by atoms with Gasteiger partial charge in [-0.2, -0.15) is 0 Å². The first kappa shape index (κ1) is 13.4. The van der Waals surface area contributed by atoms with Crippen LogP contribution in [0.1, 0.15) is 19.4 Å². The Hall–Kier alpha value is -1.03. The molecule has 0 aromatic heterocycles. The molecule has 3 nitrogen and oxygen atoms in total. The van der Waals surface area contributed by atoms with E-state index in [1.807, 2.05) is 0 Å². The normalized spacial score (nSPS) is 19.2. The second kappa shape index (κ2) is 5.31. The average molecular weight is 267 g/mol. The van der Waals surface area contributed by atoms with Gasteiger partial charge in [0.05, 0.1) is 11.5 Å². The molecule has 1 aliphatic heterocycles. The highest BCUT2D eigenvalue weighted by Crippen LogP contribution is 2.19. The third kappa shape index (κ3) is 3.48. The molecule has 100 valence electrons. The standard InChI is InChI=1S/C14H21NO2S/c1-12(2)11-13-3-5-14(6-4-13)15-7-9-18(16,17)10-8-15/h3-6,12H,7-11H2,1-2H3. The number of hydrogen-bond donors (Lipinski definition) is 0. The van der Waals surface area contributed by atoms with Crippen molar-refractivity contribution in [1.29, 1.82) is 0 Å². The molecule has 0 atom stereocenters. The summed E-state index contributed by atoms with van der Waals surface area (Å²) < 4.78 is 22.8. The Morgan fingerprint density at radius 1 is 1.11 bits per heavy atom. The van der Waals surface area contributed by atoms with Crippen LogP contribution in [0.5, 0.6) is 0 Å². The monoisotopic (exact) mass is 267 g/mol. The lowest BCUT2D eigenvalue weighted by Gasteiger charge is -2.28. The molecule has 1 aromatic rings. The van der Waals surface area contributed by atoms with Crippen molar-refractivity contribution in [2.24, 2.45) is 5.92 Å². The lowest BCUT2D eigenvalue weighted by atomic mass is 10.0. The molecule has 2 rings (SSSR count). The molecule has 0 saturated carbocycles. The molecule has 0 spiro atoms. The zero-order valence-electron chi connectivity index (χ0n) is 11.1. The zero-order chi connectivity index (χ0) is 13.2. The Morgan fingerprint density at radius 2 is 1.67 bits per heavy atom. The number of rotatable bonds is 3. The largest absolute Gasteiger partial charge is 0.369 e. The number of benzene rings is 1. The fraction of sp³-hybridized carbons (Fsp3) is 0.571. The highest BCUT2D eigenvalue weighted by molar-refractivity contribution is 7.91. The summed E-state index contributed by atoms with van der Waals surface area (Å²) in [7, 11) is -2.79. The number of anilines is 1. The van der Waals surface area contributed by atoms with Gasteiger partial charge in [0, 0.05) is 18.8 Å². The van der Waals surface area contributed by atoms with E-state index in [0.29, 0.717) is 19.0 Å². The molecule has 4 heteroatoms. The predicted molar refractivity (Wildman–Crippen MR) is 75.9 cm³/mol. The van der Waals surface area contributed by atoms with Crippen molar-refractivity contribution in [1.82, 2.24) is 0 Å². The second-order valence-electron chi connectivity index (χ2n) is 5.40. The van der Waals surface area contributed by atoms with E-state index in [1.54, 1.807) is 0 Å². The molecule has 1 heterocycles. The van der Waals surface area contributed by atoms with Gasteiger partial charge in [-0.15, -0.1) is 0 Å². The maximum Gasteiger partial charge on any atom is 0.153 e. The van der Waals surface area contributed by atoms with E-state index in [9.17, 15) is 8.42 Å². The SMILES string of the molecule is CC(C)Cc1ccc(N2CCS(=O)(=O)CC2)cc1. The summed E-state index contributed by atoms with van der Waals surface area (Å²) >= 11 is 0. The summed E-state index contributed by atoms with van der Waals surface area (Å²) in [4.78, 5) is 2.15. The average Bonchev–Trinajstić information content (AvgIpc) is 2.30. The van der Waals surface area contributed by atoms with Crippen LogP contribution in [-0.4, -0.2) is 33.0 Å². The Morgan fingerprint density at radius 3 is 2.17 bits per heavy atom. The molecule has 0 bridgehead atoms. The Labute approximate surface area is 110 Å². The van der Waals surface area contributed by atoms with E-state index in [1.165, 1.54) is 5.56 Å². The molecule has 0 unspecified atom stereocenters. The van der Waals surface area contributed by atoms with E-state index >= 15 is 0 Å². The molecule has 1 saturated heterocycles. The maximum absolute atomic E-state index is 11.4. The summed E-state index contributed by atoms with van der Waals surface area (Å²) in [6.07, 6.45) is 1.09. The first-order chi connectivity index (χ1) is 8.46. The number of hydrogen-bond acceptors (Lipinski definition) is 3. The molecule has 1 aromatic carbocycles. The first-order valence-electron chi connectivity index (χ1n) is 6.50. The highest BCUT2D eigenvalue weighted by Gasteiger charge is 2.21. The van der Waals surface area contributed by atoms with Crippen molar-refractivity contribution in [2.75, 3.05) is 29.5 Å². The molecular weight excluding hydrogens is 246 g/mol. The van der Waals surface area contributed by atoms with Gasteiger partial charge in [0.1, 0.15) is 0 Å². The third-order valence-electron chi connectivity index (χ3n) is 3.29. The van der Waals surface area contributed by atoms with Crippen LogP contribution in [-0.2, 0) is 16.3 Å². The van der Waals surface area contributed by atoms with E-state index in [-0.39, 0.29) is 11.5 Å². The maximum atomic E-state index is 11.4. The highest BCUT2D eigenvalue weighted by atomic mass is 32.2. The minimum Gasteiger partial charge on any atom is -0.369 e. The molecule has 1 fully saturated rings. The molecule has 0 amide bonds. The van der Waals surface area contributed by atoms with Gasteiger partial charge < -0.3 is 4.90 Å². The summed E-state index contributed by atoms with van der Waals surface area (Å²) in [6, 6.07) is 8.52. The van der Waals surface area contributed by atoms with Crippen molar-refractivity contribution in [2.45, 2.75) is 20.3 Å².